The number of rotatable bonds is 4. The molecule has 1 fully saturated rings. The van der Waals surface area contributed by atoms with E-state index < -0.39 is 11.9 Å². The minimum absolute atomic E-state index is 0.0351. The molecule has 0 aromatic carbocycles. The summed E-state index contributed by atoms with van der Waals surface area (Å²) < 4.78 is 0. The maximum atomic E-state index is 11.6. The molecule has 76 valence electrons. The summed E-state index contributed by atoms with van der Waals surface area (Å²) in [5.74, 6) is -0.757. The van der Waals surface area contributed by atoms with E-state index in [-0.39, 0.29) is 12.3 Å². The molecule has 1 aliphatic heterocycles. The maximum Gasteiger partial charge on any atom is 0.252 e. The topological polar surface area (TPSA) is 75.4 Å². The van der Waals surface area contributed by atoms with E-state index in [4.69, 9.17) is 18.0 Å². The Morgan fingerprint density at radius 2 is 2.43 bits per heavy atom. The van der Waals surface area contributed by atoms with Crippen molar-refractivity contribution >= 4 is 29.1 Å². The van der Waals surface area contributed by atoms with Crippen LogP contribution in [0.4, 0.5) is 0 Å². The van der Waals surface area contributed by atoms with Gasteiger partial charge in [-0.1, -0.05) is 6.08 Å². The van der Waals surface area contributed by atoms with Crippen molar-refractivity contribution in [2.75, 3.05) is 6.54 Å². The monoisotopic (exact) mass is 213 g/mol. The lowest BCUT2D eigenvalue weighted by Gasteiger charge is -2.10. The fourth-order valence-corrected chi connectivity index (χ4v) is 1.53. The molecule has 5 nitrogen and oxygen atoms in total. The average Bonchev–Trinajstić information content (AvgIpc) is 2.32. The highest BCUT2D eigenvalue weighted by Gasteiger charge is 2.35. The number of hydrogen-bond donors (Lipinski definition) is 2. The quantitative estimate of drug-likeness (QED) is 0.470. The molecule has 1 saturated heterocycles. The van der Waals surface area contributed by atoms with Gasteiger partial charge < -0.3 is 11.1 Å². The first-order chi connectivity index (χ1) is 6.56. The molecule has 0 unspecified atom stereocenters. The predicted molar refractivity (Wildman–Crippen MR) is 55.2 cm³/mol. The molecule has 0 saturated carbocycles. The molecule has 1 atom stereocenters. The van der Waals surface area contributed by atoms with Crippen LogP contribution in [0.1, 0.15) is 6.42 Å². The van der Waals surface area contributed by atoms with Gasteiger partial charge in [0, 0.05) is 6.54 Å². The summed E-state index contributed by atoms with van der Waals surface area (Å²) in [6, 6.07) is -0.611. The van der Waals surface area contributed by atoms with Crippen molar-refractivity contribution in [2.45, 2.75) is 12.5 Å². The summed E-state index contributed by atoms with van der Waals surface area (Å²) >= 11 is 4.91. The second-order valence-corrected chi connectivity index (χ2v) is 3.30. The highest BCUT2D eigenvalue weighted by Crippen LogP contribution is 2.08. The summed E-state index contributed by atoms with van der Waals surface area (Å²) in [4.78, 5) is 23.5. The number of nitrogens with zero attached hydrogens (tertiary/aromatic N) is 1. The van der Waals surface area contributed by atoms with Crippen molar-refractivity contribution in [2.24, 2.45) is 5.73 Å². The molecule has 1 heterocycles. The van der Waals surface area contributed by atoms with E-state index in [1.165, 1.54) is 4.90 Å². The van der Waals surface area contributed by atoms with Crippen LogP contribution in [0.3, 0.4) is 0 Å². The van der Waals surface area contributed by atoms with Crippen LogP contribution in [0.5, 0.6) is 0 Å². The molecule has 0 aliphatic carbocycles. The Kier molecular flexibility index (Phi) is 3.19. The van der Waals surface area contributed by atoms with E-state index in [0.29, 0.717) is 11.7 Å². The van der Waals surface area contributed by atoms with E-state index in [0.717, 1.165) is 0 Å². The maximum absolute atomic E-state index is 11.6. The molecular formula is C8H11N3O2S. The molecule has 2 amide bonds. The smallest absolute Gasteiger partial charge is 0.252 e. The number of primary amides is 1. The third-order valence-electron chi connectivity index (χ3n) is 1.82. The predicted octanol–water partition coefficient (Wildman–Crippen LogP) is -0.867. The molecule has 0 radical (unpaired) electrons. The Hall–Kier alpha value is -1.43. The summed E-state index contributed by atoms with van der Waals surface area (Å²) in [5, 5.41) is 3.05. The van der Waals surface area contributed by atoms with Gasteiger partial charge in [-0.15, -0.1) is 6.58 Å². The first-order valence-corrected chi connectivity index (χ1v) is 4.48. The zero-order valence-electron chi connectivity index (χ0n) is 7.53. The van der Waals surface area contributed by atoms with E-state index >= 15 is 0 Å². The fourth-order valence-electron chi connectivity index (χ4n) is 1.22. The van der Waals surface area contributed by atoms with Gasteiger partial charge in [0.05, 0.1) is 6.42 Å². The van der Waals surface area contributed by atoms with E-state index in [2.05, 4.69) is 11.9 Å². The minimum atomic E-state index is -0.611. The van der Waals surface area contributed by atoms with Crippen molar-refractivity contribution in [3.8, 4) is 0 Å². The highest BCUT2D eigenvalue weighted by molar-refractivity contribution is 7.80. The van der Waals surface area contributed by atoms with Crippen LogP contribution < -0.4 is 11.1 Å². The lowest BCUT2D eigenvalue weighted by molar-refractivity contribution is -0.129. The summed E-state index contributed by atoms with van der Waals surface area (Å²) in [6.07, 6.45) is 1.53. The summed E-state index contributed by atoms with van der Waals surface area (Å²) in [7, 11) is 0. The van der Waals surface area contributed by atoms with Crippen molar-refractivity contribution in [3.63, 3.8) is 0 Å². The molecule has 1 rings (SSSR count). The van der Waals surface area contributed by atoms with Crippen LogP contribution >= 0.6 is 12.2 Å². The Morgan fingerprint density at radius 1 is 1.79 bits per heavy atom. The number of amides is 2. The van der Waals surface area contributed by atoms with Crippen LogP contribution in [-0.4, -0.2) is 34.4 Å². The molecular weight excluding hydrogens is 202 g/mol. The standard InChI is InChI=1S/C8H11N3O2S/c1-2-3-11-7(13)5(4-6(9)12)10-8(11)14/h2,5H,1,3-4H2,(H2,9,12)(H,10,14)/t5-/m1/s1. The van der Waals surface area contributed by atoms with Crippen LogP contribution in [0.2, 0.25) is 0 Å². The van der Waals surface area contributed by atoms with Gasteiger partial charge >= 0.3 is 0 Å². The fraction of sp³-hybridized carbons (Fsp3) is 0.375. The van der Waals surface area contributed by atoms with Crippen LogP contribution in [0, 0.1) is 0 Å². The second kappa shape index (κ2) is 4.19. The van der Waals surface area contributed by atoms with E-state index in [1.54, 1.807) is 6.08 Å². The van der Waals surface area contributed by atoms with Crippen molar-refractivity contribution in [1.29, 1.82) is 0 Å². The molecule has 6 heteroatoms. The summed E-state index contributed by atoms with van der Waals surface area (Å²) in [6.45, 7) is 3.85. The zero-order valence-corrected chi connectivity index (χ0v) is 8.34. The Labute approximate surface area is 86.9 Å². The Bertz CT molecular complexity index is 303. The van der Waals surface area contributed by atoms with Gasteiger partial charge in [-0.05, 0) is 12.2 Å². The van der Waals surface area contributed by atoms with Gasteiger partial charge in [-0.25, -0.2) is 0 Å². The molecule has 0 aromatic rings. The van der Waals surface area contributed by atoms with Gasteiger partial charge in [-0.2, -0.15) is 0 Å². The number of nitrogens with two attached hydrogens (primary N) is 1. The first kappa shape index (κ1) is 10.6. The zero-order chi connectivity index (χ0) is 10.7. The normalized spacial score (nSPS) is 20.9. The number of nitrogens with one attached hydrogen (secondary N) is 1. The minimum Gasteiger partial charge on any atom is -0.370 e. The third-order valence-corrected chi connectivity index (χ3v) is 2.16. The second-order valence-electron chi connectivity index (χ2n) is 2.91. The van der Waals surface area contributed by atoms with Crippen LogP contribution in [0.15, 0.2) is 12.7 Å². The largest absolute Gasteiger partial charge is 0.370 e. The lowest BCUT2D eigenvalue weighted by Crippen LogP contribution is -2.34. The molecule has 0 bridgehead atoms. The number of carbonyl (C=O) groups is 2. The van der Waals surface area contributed by atoms with Crippen LogP contribution in [0.25, 0.3) is 0 Å². The molecule has 3 N–H and O–H groups in total. The van der Waals surface area contributed by atoms with Gasteiger partial charge in [-0.3, -0.25) is 14.5 Å². The van der Waals surface area contributed by atoms with E-state index in [1.807, 2.05) is 0 Å². The lowest BCUT2D eigenvalue weighted by atomic mass is 10.2. The van der Waals surface area contributed by atoms with Crippen LogP contribution in [-0.2, 0) is 9.59 Å². The first-order valence-electron chi connectivity index (χ1n) is 4.07. The van der Waals surface area contributed by atoms with Crippen molar-refractivity contribution in [1.82, 2.24) is 10.2 Å². The van der Waals surface area contributed by atoms with Gasteiger partial charge in [0.25, 0.3) is 5.91 Å². The Balaban J connectivity index is 2.68. The highest BCUT2D eigenvalue weighted by atomic mass is 32.1. The Morgan fingerprint density at radius 3 is 2.93 bits per heavy atom. The third kappa shape index (κ3) is 2.08. The molecule has 0 aromatic heterocycles. The van der Waals surface area contributed by atoms with Gasteiger partial charge in [0.2, 0.25) is 5.91 Å². The number of hydrogen-bond acceptors (Lipinski definition) is 3. The molecule has 0 spiro atoms. The average molecular weight is 213 g/mol. The van der Waals surface area contributed by atoms with Crippen molar-refractivity contribution in [3.05, 3.63) is 12.7 Å². The van der Waals surface area contributed by atoms with E-state index in [9.17, 15) is 9.59 Å². The van der Waals surface area contributed by atoms with Crippen molar-refractivity contribution < 1.29 is 9.59 Å². The summed E-state index contributed by atoms with van der Waals surface area (Å²) in [5.41, 5.74) is 4.99. The van der Waals surface area contributed by atoms with Gasteiger partial charge in [0.1, 0.15) is 6.04 Å². The molecule has 14 heavy (non-hydrogen) atoms. The number of carbonyl (C=O) groups excluding carboxylic acids is 2. The SMILES string of the molecule is C=CCN1C(=O)[C@@H](CC(N)=O)NC1=S. The number of thiocarbonyl (C=S) groups is 1. The molecule has 1 aliphatic rings. The van der Waals surface area contributed by atoms with Gasteiger partial charge in [0.15, 0.2) is 5.11 Å².